The minimum Gasteiger partial charge on any atom is -0.351 e. The highest BCUT2D eigenvalue weighted by Gasteiger charge is 2.40. The second kappa shape index (κ2) is 7.21. The molecule has 0 spiro atoms. The van der Waals surface area contributed by atoms with E-state index in [1.165, 1.54) is 23.1 Å². The fourth-order valence-corrected chi connectivity index (χ4v) is 3.73. The van der Waals surface area contributed by atoms with Crippen molar-refractivity contribution in [3.05, 3.63) is 70.8 Å². The van der Waals surface area contributed by atoms with Gasteiger partial charge < -0.3 is 5.32 Å². The summed E-state index contributed by atoms with van der Waals surface area (Å²) in [6, 6.07) is 16.9. The van der Waals surface area contributed by atoms with Crippen molar-refractivity contribution in [1.82, 2.24) is 5.32 Å². The molecule has 0 atom stereocenters. The largest absolute Gasteiger partial charge is 0.351 e. The Bertz CT molecular complexity index is 679. The number of carbonyl (C=O) groups is 1. The minimum atomic E-state index is -0.351. The first kappa shape index (κ1) is 16.8. The first-order chi connectivity index (χ1) is 11.6. The van der Waals surface area contributed by atoms with Crippen LogP contribution in [0.5, 0.6) is 0 Å². The summed E-state index contributed by atoms with van der Waals surface area (Å²) in [4.78, 5) is 13.1. The summed E-state index contributed by atoms with van der Waals surface area (Å²) in [6.45, 7) is 4.78. The van der Waals surface area contributed by atoms with Crippen LogP contribution in [-0.2, 0) is 16.8 Å². The number of amides is 1. The van der Waals surface area contributed by atoms with E-state index >= 15 is 0 Å². The van der Waals surface area contributed by atoms with Gasteiger partial charge in [0.2, 0.25) is 5.91 Å². The molecule has 1 amide bonds. The molecular formula is C22H27NO. The SMILES string of the molecule is Cc1ccc(CNC(=O)C2(c3ccc(C)cc3)CCCCC2)cc1. The Labute approximate surface area is 145 Å². The summed E-state index contributed by atoms with van der Waals surface area (Å²) in [6.07, 6.45) is 5.40. The van der Waals surface area contributed by atoms with Crippen molar-refractivity contribution in [2.24, 2.45) is 0 Å². The maximum Gasteiger partial charge on any atom is 0.230 e. The number of carbonyl (C=O) groups excluding carboxylic acids is 1. The van der Waals surface area contributed by atoms with E-state index in [4.69, 9.17) is 0 Å². The molecule has 0 saturated heterocycles. The molecule has 0 heterocycles. The van der Waals surface area contributed by atoms with Crippen LogP contribution in [0.25, 0.3) is 0 Å². The second-order valence-corrected chi connectivity index (χ2v) is 7.18. The average molecular weight is 321 g/mol. The third-order valence-corrected chi connectivity index (χ3v) is 5.32. The van der Waals surface area contributed by atoms with Crippen LogP contribution in [0.15, 0.2) is 48.5 Å². The highest BCUT2D eigenvalue weighted by atomic mass is 16.2. The Morgan fingerprint density at radius 1 is 0.875 bits per heavy atom. The predicted octanol–water partition coefficient (Wildman–Crippen LogP) is 4.82. The molecule has 1 saturated carbocycles. The van der Waals surface area contributed by atoms with Gasteiger partial charge in [0.15, 0.2) is 0 Å². The fraction of sp³-hybridized carbons (Fsp3) is 0.409. The smallest absolute Gasteiger partial charge is 0.230 e. The van der Waals surface area contributed by atoms with Gasteiger partial charge in [-0.1, -0.05) is 78.9 Å². The van der Waals surface area contributed by atoms with E-state index in [2.05, 4.69) is 67.7 Å². The molecule has 2 heteroatoms. The second-order valence-electron chi connectivity index (χ2n) is 7.18. The monoisotopic (exact) mass is 321 g/mol. The topological polar surface area (TPSA) is 29.1 Å². The maximum atomic E-state index is 13.1. The van der Waals surface area contributed by atoms with Crippen molar-refractivity contribution in [3.8, 4) is 0 Å². The zero-order valence-electron chi connectivity index (χ0n) is 14.8. The predicted molar refractivity (Wildman–Crippen MR) is 99.0 cm³/mol. The van der Waals surface area contributed by atoms with Gasteiger partial charge in [0, 0.05) is 6.54 Å². The minimum absolute atomic E-state index is 0.187. The van der Waals surface area contributed by atoms with Gasteiger partial charge in [-0.15, -0.1) is 0 Å². The number of aryl methyl sites for hydroxylation is 2. The van der Waals surface area contributed by atoms with Crippen LogP contribution in [0.1, 0.15) is 54.4 Å². The summed E-state index contributed by atoms with van der Waals surface area (Å²) in [5.41, 5.74) is 4.47. The van der Waals surface area contributed by atoms with E-state index in [9.17, 15) is 4.79 Å². The third-order valence-electron chi connectivity index (χ3n) is 5.32. The Hall–Kier alpha value is -2.09. The lowest BCUT2D eigenvalue weighted by atomic mass is 9.68. The van der Waals surface area contributed by atoms with E-state index in [-0.39, 0.29) is 11.3 Å². The number of nitrogens with one attached hydrogen (secondary N) is 1. The molecule has 24 heavy (non-hydrogen) atoms. The molecule has 2 aromatic rings. The first-order valence-electron chi connectivity index (χ1n) is 9.01. The number of benzene rings is 2. The zero-order valence-corrected chi connectivity index (χ0v) is 14.8. The van der Waals surface area contributed by atoms with Gasteiger partial charge in [-0.3, -0.25) is 4.79 Å². The highest BCUT2D eigenvalue weighted by Crippen LogP contribution is 2.39. The van der Waals surface area contributed by atoms with Gasteiger partial charge in [0.1, 0.15) is 0 Å². The van der Waals surface area contributed by atoms with Crippen LogP contribution < -0.4 is 5.32 Å². The standard InChI is InChI=1S/C22H27NO/c1-17-6-10-19(11-7-17)16-23-21(24)22(14-4-3-5-15-22)20-12-8-18(2)9-13-20/h6-13H,3-5,14-16H2,1-2H3,(H,23,24). The number of hydrogen-bond donors (Lipinski definition) is 1. The summed E-state index contributed by atoms with van der Waals surface area (Å²) in [5, 5.41) is 3.20. The van der Waals surface area contributed by atoms with Gasteiger partial charge in [-0.05, 0) is 37.8 Å². The van der Waals surface area contributed by atoms with E-state index < -0.39 is 0 Å². The van der Waals surface area contributed by atoms with Crippen molar-refractivity contribution in [3.63, 3.8) is 0 Å². The van der Waals surface area contributed by atoms with Crippen LogP contribution in [0.4, 0.5) is 0 Å². The zero-order chi connectivity index (χ0) is 17.0. The van der Waals surface area contributed by atoms with E-state index in [1.807, 2.05) is 0 Å². The molecule has 0 bridgehead atoms. The Kier molecular flexibility index (Phi) is 5.03. The number of rotatable bonds is 4. The van der Waals surface area contributed by atoms with Crippen LogP contribution in [0.3, 0.4) is 0 Å². The molecule has 0 aromatic heterocycles. The lowest BCUT2D eigenvalue weighted by Gasteiger charge is -2.36. The molecule has 2 aromatic carbocycles. The lowest BCUT2D eigenvalue weighted by molar-refractivity contribution is -0.128. The Morgan fingerprint density at radius 2 is 1.42 bits per heavy atom. The van der Waals surface area contributed by atoms with Gasteiger partial charge in [0.05, 0.1) is 5.41 Å². The Morgan fingerprint density at radius 3 is 2.00 bits per heavy atom. The summed E-state index contributed by atoms with van der Waals surface area (Å²) in [5.74, 6) is 0.187. The molecule has 1 fully saturated rings. The quantitative estimate of drug-likeness (QED) is 0.859. The van der Waals surface area contributed by atoms with E-state index in [1.54, 1.807) is 0 Å². The fourth-order valence-electron chi connectivity index (χ4n) is 3.73. The highest BCUT2D eigenvalue weighted by molar-refractivity contribution is 5.88. The molecule has 1 aliphatic rings. The molecule has 0 aliphatic heterocycles. The summed E-state index contributed by atoms with van der Waals surface area (Å²) >= 11 is 0. The van der Waals surface area contributed by atoms with Crippen molar-refractivity contribution in [1.29, 1.82) is 0 Å². The maximum absolute atomic E-state index is 13.1. The molecule has 0 unspecified atom stereocenters. The van der Waals surface area contributed by atoms with Crippen molar-refractivity contribution in [2.45, 2.75) is 57.9 Å². The van der Waals surface area contributed by atoms with E-state index in [0.717, 1.165) is 31.2 Å². The molecular weight excluding hydrogens is 294 g/mol. The van der Waals surface area contributed by atoms with Gasteiger partial charge >= 0.3 is 0 Å². The molecule has 3 rings (SSSR count). The van der Waals surface area contributed by atoms with Crippen LogP contribution in [-0.4, -0.2) is 5.91 Å². The first-order valence-corrected chi connectivity index (χ1v) is 9.01. The van der Waals surface area contributed by atoms with Crippen molar-refractivity contribution < 1.29 is 4.79 Å². The lowest BCUT2D eigenvalue weighted by Crippen LogP contribution is -2.45. The van der Waals surface area contributed by atoms with Gasteiger partial charge in [-0.25, -0.2) is 0 Å². The molecule has 0 radical (unpaired) electrons. The summed E-state index contributed by atoms with van der Waals surface area (Å²) in [7, 11) is 0. The van der Waals surface area contributed by atoms with Gasteiger partial charge in [0.25, 0.3) is 0 Å². The normalized spacial score (nSPS) is 16.6. The molecule has 1 N–H and O–H groups in total. The Balaban J connectivity index is 1.78. The average Bonchev–Trinajstić information content (AvgIpc) is 2.62. The van der Waals surface area contributed by atoms with E-state index in [0.29, 0.717) is 6.54 Å². The van der Waals surface area contributed by atoms with Crippen molar-refractivity contribution >= 4 is 5.91 Å². The summed E-state index contributed by atoms with van der Waals surface area (Å²) < 4.78 is 0. The van der Waals surface area contributed by atoms with Crippen molar-refractivity contribution in [2.75, 3.05) is 0 Å². The van der Waals surface area contributed by atoms with Gasteiger partial charge in [-0.2, -0.15) is 0 Å². The van der Waals surface area contributed by atoms with Crippen LogP contribution >= 0.6 is 0 Å². The van der Waals surface area contributed by atoms with Crippen LogP contribution in [0, 0.1) is 13.8 Å². The van der Waals surface area contributed by atoms with Crippen LogP contribution in [0.2, 0.25) is 0 Å². The molecule has 126 valence electrons. The molecule has 2 nitrogen and oxygen atoms in total. The number of hydrogen-bond acceptors (Lipinski definition) is 1. The molecule has 1 aliphatic carbocycles. The third kappa shape index (κ3) is 3.53.